The van der Waals surface area contributed by atoms with E-state index in [1.807, 2.05) is 6.20 Å². The molecular weight excluding hydrogens is 210 g/mol. The number of imidazole rings is 1. The first kappa shape index (κ1) is 12.6. The summed E-state index contributed by atoms with van der Waals surface area (Å²) in [5, 5.41) is 0. The monoisotopic (exact) mass is 235 g/mol. The van der Waals surface area contributed by atoms with Crippen molar-refractivity contribution in [3.63, 3.8) is 0 Å². The van der Waals surface area contributed by atoms with E-state index in [2.05, 4.69) is 29.6 Å². The molecule has 3 atom stereocenters. The maximum atomic E-state index is 5.94. The van der Waals surface area contributed by atoms with Crippen LogP contribution >= 0.6 is 0 Å². The maximum Gasteiger partial charge on any atom is 0.108 e. The van der Waals surface area contributed by atoms with Crippen LogP contribution < -0.4 is 5.73 Å². The third-order valence-electron chi connectivity index (χ3n) is 4.10. The minimum Gasteiger partial charge on any atom is -0.332 e. The number of aromatic nitrogens is 2. The molecule has 1 fully saturated rings. The number of nitrogens with zero attached hydrogens (tertiary/aromatic N) is 2. The highest BCUT2D eigenvalue weighted by Crippen LogP contribution is 2.37. The third-order valence-corrected chi connectivity index (χ3v) is 4.10. The molecule has 0 spiro atoms. The molecule has 2 N–H and O–H groups in total. The van der Waals surface area contributed by atoms with Gasteiger partial charge in [-0.3, -0.25) is 0 Å². The van der Waals surface area contributed by atoms with Crippen molar-refractivity contribution in [2.75, 3.05) is 6.54 Å². The Hall–Kier alpha value is -0.830. The van der Waals surface area contributed by atoms with E-state index in [0.29, 0.717) is 12.0 Å². The Labute approximate surface area is 104 Å². The van der Waals surface area contributed by atoms with Gasteiger partial charge in [0.25, 0.3) is 0 Å². The zero-order valence-corrected chi connectivity index (χ0v) is 11.1. The summed E-state index contributed by atoms with van der Waals surface area (Å²) in [7, 11) is 0. The summed E-state index contributed by atoms with van der Waals surface area (Å²) in [6.45, 7) is 5.38. The molecule has 0 bridgehead atoms. The fourth-order valence-electron chi connectivity index (χ4n) is 3.09. The van der Waals surface area contributed by atoms with Crippen molar-refractivity contribution in [3.8, 4) is 0 Å². The van der Waals surface area contributed by atoms with Crippen LogP contribution in [0.15, 0.2) is 12.4 Å². The molecule has 3 heteroatoms. The van der Waals surface area contributed by atoms with Crippen LogP contribution in [0.4, 0.5) is 0 Å². The molecule has 96 valence electrons. The van der Waals surface area contributed by atoms with Gasteiger partial charge in [-0.05, 0) is 37.6 Å². The van der Waals surface area contributed by atoms with Crippen molar-refractivity contribution in [2.24, 2.45) is 17.6 Å². The number of aryl methyl sites for hydroxylation is 1. The van der Waals surface area contributed by atoms with Crippen molar-refractivity contribution in [1.82, 2.24) is 9.55 Å². The van der Waals surface area contributed by atoms with Crippen LogP contribution in [0, 0.1) is 11.8 Å². The normalized spacial score (nSPS) is 29.5. The Bertz CT molecular complexity index is 345. The minimum atomic E-state index is 0.577. The Morgan fingerprint density at radius 2 is 2.29 bits per heavy atom. The van der Waals surface area contributed by atoms with E-state index in [-0.39, 0.29) is 0 Å². The molecule has 1 aliphatic carbocycles. The van der Waals surface area contributed by atoms with Crippen LogP contribution in [0.2, 0.25) is 0 Å². The zero-order valence-electron chi connectivity index (χ0n) is 11.1. The standard InChI is InChI=1S/C14H25N3/c1-3-4-14-16-7-8-17(14)13-9-11(2)5-6-12(13)10-15/h7-8,11-13H,3-6,9-10,15H2,1-2H3. The van der Waals surface area contributed by atoms with E-state index in [0.717, 1.165) is 25.3 Å². The molecule has 0 amide bonds. The van der Waals surface area contributed by atoms with Gasteiger partial charge in [0.2, 0.25) is 0 Å². The maximum absolute atomic E-state index is 5.94. The fourth-order valence-corrected chi connectivity index (χ4v) is 3.09. The van der Waals surface area contributed by atoms with Gasteiger partial charge in [0, 0.05) is 24.9 Å². The second kappa shape index (κ2) is 5.67. The molecule has 0 radical (unpaired) electrons. The van der Waals surface area contributed by atoms with E-state index >= 15 is 0 Å². The first-order chi connectivity index (χ1) is 8.26. The topological polar surface area (TPSA) is 43.8 Å². The Morgan fingerprint density at radius 3 is 3.00 bits per heavy atom. The van der Waals surface area contributed by atoms with Gasteiger partial charge >= 0.3 is 0 Å². The van der Waals surface area contributed by atoms with Gasteiger partial charge in [0.1, 0.15) is 5.82 Å². The molecule has 3 nitrogen and oxygen atoms in total. The summed E-state index contributed by atoms with van der Waals surface area (Å²) in [6, 6.07) is 0.577. The highest BCUT2D eigenvalue weighted by atomic mass is 15.1. The summed E-state index contributed by atoms with van der Waals surface area (Å²) < 4.78 is 2.40. The smallest absolute Gasteiger partial charge is 0.108 e. The Morgan fingerprint density at radius 1 is 1.47 bits per heavy atom. The third kappa shape index (κ3) is 2.71. The van der Waals surface area contributed by atoms with Gasteiger partial charge in [-0.1, -0.05) is 20.3 Å². The van der Waals surface area contributed by atoms with Crippen LogP contribution in [0.5, 0.6) is 0 Å². The van der Waals surface area contributed by atoms with Crippen LogP contribution in [0.25, 0.3) is 0 Å². The van der Waals surface area contributed by atoms with Crippen molar-refractivity contribution >= 4 is 0 Å². The van der Waals surface area contributed by atoms with Crippen LogP contribution in [-0.4, -0.2) is 16.1 Å². The van der Waals surface area contributed by atoms with Crippen molar-refractivity contribution in [2.45, 2.75) is 52.0 Å². The van der Waals surface area contributed by atoms with Crippen molar-refractivity contribution in [1.29, 1.82) is 0 Å². The first-order valence-electron chi connectivity index (χ1n) is 6.98. The quantitative estimate of drug-likeness (QED) is 0.872. The summed E-state index contributed by atoms with van der Waals surface area (Å²) in [5.74, 6) is 2.70. The lowest BCUT2D eigenvalue weighted by Gasteiger charge is -2.36. The van der Waals surface area contributed by atoms with Crippen LogP contribution in [-0.2, 0) is 6.42 Å². The predicted molar refractivity (Wildman–Crippen MR) is 70.8 cm³/mol. The van der Waals surface area contributed by atoms with Crippen molar-refractivity contribution < 1.29 is 0 Å². The molecule has 1 aromatic heterocycles. The number of hydrogen-bond donors (Lipinski definition) is 1. The molecule has 0 aromatic carbocycles. The van der Waals surface area contributed by atoms with Crippen molar-refractivity contribution in [3.05, 3.63) is 18.2 Å². The number of nitrogens with two attached hydrogens (primary N) is 1. The molecule has 2 rings (SSSR count). The fraction of sp³-hybridized carbons (Fsp3) is 0.786. The first-order valence-corrected chi connectivity index (χ1v) is 6.98. The minimum absolute atomic E-state index is 0.577. The Balaban J connectivity index is 2.19. The van der Waals surface area contributed by atoms with E-state index in [1.54, 1.807) is 0 Å². The van der Waals surface area contributed by atoms with Gasteiger partial charge in [-0.2, -0.15) is 0 Å². The van der Waals surface area contributed by atoms with Gasteiger partial charge in [0.05, 0.1) is 0 Å². The summed E-state index contributed by atoms with van der Waals surface area (Å²) >= 11 is 0. The Kier molecular flexibility index (Phi) is 4.21. The highest BCUT2D eigenvalue weighted by Gasteiger charge is 2.29. The largest absolute Gasteiger partial charge is 0.332 e. The van der Waals surface area contributed by atoms with Crippen LogP contribution in [0.1, 0.15) is 51.4 Å². The molecular formula is C14H25N3. The molecule has 1 heterocycles. The number of rotatable bonds is 4. The van der Waals surface area contributed by atoms with Gasteiger partial charge in [0.15, 0.2) is 0 Å². The predicted octanol–water partition coefficient (Wildman–Crippen LogP) is 2.77. The van der Waals surface area contributed by atoms with E-state index in [4.69, 9.17) is 5.73 Å². The average Bonchev–Trinajstić information content (AvgIpc) is 2.77. The van der Waals surface area contributed by atoms with E-state index in [1.165, 1.54) is 25.1 Å². The second-order valence-corrected chi connectivity index (χ2v) is 5.48. The lowest BCUT2D eigenvalue weighted by atomic mass is 9.79. The number of hydrogen-bond acceptors (Lipinski definition) is 2. The van der Waals surface area contributed by atoms with Gasteiger partial charge < -0.3 is 10.3 Å². The molecule has 1 saturated carbocycles. The van der Waals surface area contributed by atoms with Gasteiger partial charge in [-0.25, -0.2) is 4.98 Å². The van der Waals surface area contributed by atoms with Gasteiger partial charge in [-0.15, -0.1) is 0 Å². The second-order valence-electron chi connectivity index (χ2n) is 5.48. The molecule has 1 aliphatic rings. The summed E-state index contributed by atoms with van der Waals surface area (Å²) in [6.07, 6.45) is 10.2. The van der Waals surface area contributed by atoms with E-state index < -0.39 is 0 Å². The van der Waals surface area contributed by atoms with Crippen LogP contribution in [0.3, 0.4) is 0 Å². The highest BCUT2D eigenvalue weighted by molar-refractivity contribution is 4.98. The molecule has 17 heavy (non-hydrogen) atoms. The lowest BCUT2D eigenvalue weighted by Crippen LogP contribution is -2.32. The SMILES string of the molecule is CCCc1nccn1C1CC(C)CCC1CN. The lowest BCUT2D eigenvalue weighted by molar-refractivity contribution is 0.194. The molecule has 1 aromatic rings. The average molecular weight is 235 g/mol. The summed E-state index contributed by atoms with van der Waals surface area (Å²) in [4.78, 5) is 4.50. The molecule has 3 unspecified atom stereocenters. The zero-order chi connectivity index (χ0) is 12.3. The van der Waals surface area contributed by atoms with E-state index in [9.17, 15) is 0 Å². The molecule has 0 saturated heterocycles. The summed E-state index contributed by atoms with van der Waals surface area (Å²) in [5.41, 5.74) is 5.94. The molecule has 0 aliphatic heterocycles.